The highest BCUT2D eigenvalue weighted by Crippen LogP contribution is 2.22. The fourth-order valence-corrected chi connectivity index (χ4v) is 4.05. The van der Waals surface area contributed by atoms with Crippen molar-refractivity contribution in [1.82, 2.24) is 0 Å². The Bertz CT molecular complexity index is 785. The zero-order valence-corrected chi connectivity index (χ0v) is 24.0. The Labute approximate surface area is 223 Å². The third-order valence-electron chi connectivity index (χ3n) is 7.26. The molecule has 214 valence electrons. The monoisotopic (exact) mass is 524 g/mol. The van der Waals surface area contributed by atoms with Crippen LogP contribution in [0.2, 0.25) is 0 Å². The van der Waals surface area contributed by atoms with Crippen LogP contribution in [-0.4, -0.2) is 67.6 Å². The second-order valence-electron chi connectivity index (χ2n) is 10.9. The SMILES string of the molecule is CC[C@H](C)C[C@H](/C=C(\C)[C@H](O)[C@@H](C)/C=C/[C@H](O)[C@@H](C)/C=C/[C@H](O)[C@@H](C)/C=C(\C)[C@H](O)[C@@H](C)C(=O)O)CO. The Balaban J connectivity index is 5.07. The topological polar surface area (TPSA) is 138 Å². The van der Waals surface area contributed by atoms with Gasteiger partial charge in [-0.25, -0.2) is 0 Å². The van der Waals surface area contributed by atoms with Crippen molar-refractivity contribution in [3.8, 4) is 0 Å². The summed E-state index contributed by atoms with van der Waals surface area (Å²) < 4.78 is 0. The van der Waals surface area contributed by atoms with Gasteiger partial charge in [0.2, 0.25) is 0 Å². The third kappa shape index (κ3) is 13.0. The lowest BCUT2D eigenvalue weighted by atomic mass is 9.89. The normalized spacial score (nSPS) is 21.8. The molecule has 0 saturated carbocycles. The average Bonchev–Trinajstić information content (AvgIpc) is 2.87. The van der Waals surface area contributed by atoms with E-state index in [9.17, 15) is 30.3 Å². The van der Waals surface area contributed by atoms with Crippen molar-refractivity contribution in [1.29, 1.82) is 0 Å². The van der Waals surface area contributed by atoms with Crippen molar-refractivity contribution in [2.24, 2.45) is 35.5 Å². The van der Waals surface area contributed by atoms with E-state index in [0.29, 0.717) is 11.5 Å². The smallest absolute Gasteiger partial charge is 0.309 e. The fraction of sp³-hybridized carbons (Fsp3) is 0.700. The molecule has 0 fully saturated rings. The largest absolute Gasteiger partial charge is 0.481 e. The van der Waals surface area contributed by atoms with E-state index in [0.717, 1.165) is 18.4 Å². The molecule has 0 unspecified atom stereocenters. The molecule has 6 N–H and O–H groups in total. The van der Waals surface area contributed by atoms with Crippen LogP contribution in [0.1, 0.15) is 68.2 Å². The molecule has 0 aliphatic carbocycles. The van der Waals surface area contributed by atoms with E-state index >= 15 is 0 Å². The van der Waals surface area contributed by atoms with E-state index in [-0.39, 0.29) is 30.3 Å². The number of aliphatic carboxylic acids is 1. The van der Waals surface area contributed by atoms with Crippen LogP contribution in [0.5, 0.6) is 0 Å². The number of aliphatic hydroxyl groups is 5. The van der Waals surface area contributed by atoms with Crippen LogP contribution in [0.4, 0.5) is 0 Å². The number of hydrogen-bond donors (Lipinski definition) is 6. The maximum absolute atomic E-state index is 11.1. The Kier molecular flexibility index (Phi) is 16.8. The lowest BCUT2D eigenvalue weighted by Gasteiger charge is -2.21. The standard InChI is InChI=1S/C30H52O7/c1-9-18(2)14-25(17-31)16-23(7)28(34)20(4)11-13-26(32)19(3)10-12-27(33)21(5)15-22(6)29(35)24(8)30(36)37/h10-13,15-16,18-21,24-29,31-35H,9,14,17H2,1-8H3,(H,36,37)/b12-10+,13-11+,22-15+,23-16+/t18-,19-,20-,21-,24+,25+,26-,27-,28+,29-/m0/s1. The Morgan fingerprint density at radius 3 is 1.70 bits per heavy atom. The molecule has 0 aromatic heterocycles. The van der Waals surface area contributed by atoms with Crippen LogP contribution < -0.4 is 0 Å². The van der Waals surface area contributed by atoms with E-state index < -0.39 is 36.3 Å². The molecular formula is C30H52O7. The summed E-state index contributed by atoms with van der Waals surface area (Å²) in [6.07, 6.45) is 8.67. The van der Waals surface area contributed by atoms with Crippen LogP contribution in [0.25, 0.3) is 0 Å². The van der Waals surface area contributed by atoms with Crippen LogP contribution in [0.3, 0.4) is 0 Å². The molecular weight excluding hydrogens is 472 g/mol. The van der Waals surface area contributed by atoms with Gasteiger partial charge in [-0.1, -0.05) is 77.5 Å². The minimum Gasteiger partial charge on any atom is -0.481 e. The number of carbonyl (C=O) groups is 1. The maximum atomic E-state index is 11.1. The average molecular weight is 525 g/mol. The van der Waals surface area contributed by atoms with Gasteiger partial charge in [0.25, 0.3) is 0 Å². The van der Waals surface area contributed by atoms with E-state index in [2.05, 4.69) is 13.8 Å². The summed E-state index contributed by atoms with van der Waals surface area (Å²) in [5, 5.41) is 60.6. The lowest BCUT2D eigenvalue weighted by molar-refractivity contribution is -0.144. The van der Waals surface area contributed by atoms with Crippen LogP contribution in [-0.2, 0) is 4.79 Å². The second kappa shape index (κ2) is 17.7. The van der Waals surface area contributed by atoms with Gasteiger partial charge in [0.1, 0.15) is 0 Å². The minimum absolute atomic E-state index is 0.00724. The molecule has 0 heterocycles. The summed E-state index contributed by atoms with van der Waals surface area (Å²) in [6, 6.07) is 0. The van der Waals surface area contributed by atoms with Crippen LogP contribution in [0, 0.1) is 35.5 Å². The van der Waals surface area contributed by atoms with Crippen molar-refractivity contribution < 1.29 is 35.4 Å². The molecule has 7 nitrogen and oxygen atoms in total. The molecule has 0 radical (unpaired) electrons. The van der Waals surface area contributed by atoms with Crippen molar-refractivity contribution in [2.45, 2.75) is 92.6 Å². The van der Waals surface area contributed by atoms with Crippen molar-refractivity contribution in [3.63, 3.8) is 0 Å². The molecule has 0 aromatic carbocycles. The Morgan fingerprint density at radius 1 is 0.730 bits per heavy atom. The second-order valence-corrected chi connectivity index (χ2v) is 10.9. The zero-order valence-electron chi connectivity index (χ0n) is 24.0. The molecule has 37 heavy (non-hydrogen) atoms. The lowest BCUT2D eigenvalue weighted by Crippen LogP contribution is -2.27. The summed E-state index contributed by atoms with van der Waals surface area (Å²) in [4.78, 5) is 11.1. The number of carboxylic acid groups (broad SMARTS) is 1. The van der Waals surface area contributed by atoms with Gasteiger partial charge in [0.15, 0.2) is 0 Å². The third-order valence-corrected chi connectivity index (χ3v) is 7.26. The molecule has 0 amide bonds. The first-order valence-corrected chi connectivity index (χ1v) is 13.4. The summed E-state index contributed by atoms with van der Waals surface area (Å²) >= 11 is 0. The molecule has 7 heteroatoms. The summed E-state index contributed by atoms with van der Waals surface area (Å²) in [5.41, 5.74) is 1.28. The van der Waals surface area contributed by atoms with Gasteiger partial charge in [-0.3, -0.25) is 4.79 Å². The van der Waals surface area contributed by atoms with Gasteiger partial charge in [-0.15, -0.1) is 0 Å². The van der Waals surface area contributed by atoms with Gasteiger partial charge in [-0.05, 0) is 44.3 Å². The minimum atomic E-state index is -1.13. The fourth-order valence-electron chi connectivity index (χ4n) is 4.05. The molecule has 0 aliphatic heterocycles. The molecule has 0 aromatic rings. The number of hydrogen-bond acceptors (Lipinski definition) is 6. The molecule has 0 aliphatic rings. The quantitative estimate of drug-likeness (QED) is 0.157. The first kappa shape index (κ1) is 35.2. The van der Waals surface area contributed by atoms with E-state index in [1.165, 1.54) is 6.92 Å². The van der Waals surface area contributed by atoms with E-state index in [1.807, 2.05) is 26.8 Å². The summed E-state index contributed by atoms with van der Waals surface area (Å²) in [7, 11) is 0. The Hall–Kier alpha value is -1.77. The molecule has 0 rings (SSSR count). The highest BCUT2D eigenvalue weighted by molar-refractivity contribution is 5.70. The predicted octanol–water partition coefficient (Wildman–Crippen LogP) is 4.11. The predicted molar refractivity (Wildman–Crippen MR) is 149 cm³/mol. The highest BCUT2D eigenvalue weighted by atomic mass is 16.4. The number of carboxylic acids is 1. The zero-order chi connectivity index (χ0) is 28.9. The number of aliphatic hydroxyl groups excluding tert-OH is 5. The van der Waals surface area contributed by atoms with Gasteiger partial charge in [-0.2, -0.15) is 0 Å². The first-order valence-electron chi connectivity index (χ1n) is 13.4. The van der Waals surface area contributed by atoms with Gasteiger partial charge < -0.3 is 30.6 Å². The van der Waals surface area contributed by atoms with E-state index in [1.54, 1.807) is 44.2 Å². The van der Waals surface area contributed by atoms with Gasteiger partial charge in [0.05, 0.1) is 30.3 Å². The molecule has 0 saturated heterocycles. The van der Waals surface area contributed by atoms with Gasteiger partial charge >= 0.3 is 5.97 Å². The molecule has 0 spiro atoms. The van der Waals surface area contributed by atoms with Crippen molar-refractivity contribution >= 4 is 5.97 Å². The Morgan fingerprint density at radius 2 is 1.22 bits per heavy atom. The van der Waals surface area contributed by atoms with Crippen molar-refractivity contribution in [3.05, 3.63) is 47.6 Å². The van der Waals surface area contributed by atoms with Gasteiger partial charge in [0, 0.05) is 30.3 Å². The highest BCUT2D eigenvalue weighted by Gasteiger charge is 2.23. The van der Waals surface area contributed by atoms with Crippen LogP contribution >= 0.6 is 0 Å². The summed E-state index contributed by atoms with van der Waals surface area (Å²) in [6.45, 7) is 14.7. The molecule has 10 atom stereocenters. The van der Waals surface area contributed by atoms with Crippen LogP contribution in [0.15, 0.2) is 47.6 Å². The van der Waals surface area contributed by atoms with E-state index in [4.69, 9.17) is 5.11 Å². The van der Waals surface area contributed by atoms with Crippen molar-refractivity contribution in [2.75, 3.05) is 6.61 Å². The number of rotatable bonds is 17. The maximum Gasteiger partial charge on any atom is 0.309 e. The first-order chi connectivity index (χ1) is 17.2. The summed E-state index contributed by atoms with van der Waals surface area (Å²) in [5.74, 6) is -2.42. The molecule has 0 bridgehead atoms.